The first-order chi connectivity index (χ1) is 5.24. The van der Waals surface area contributed by atoms with E-state index in [9.17, 15) is 0 Å². The fourth-order valence-corrected chi connectivity index (χ4v) is 0.0607. The summed E-state index contributed by atoms with van der Waals surface area (Å²) >= 11 is 2.12. The first kappa shape index (κ1) is 16.7. The molecule has 0 aliphatic heterocycles. The van der Waals surface area contributed by atoms with Gasteiger partial charge in [0.1, 0.15) is 0 Å². The Hall–Kier alpha value is -0.651. The monoisotopic (exact) mass is 258 g/mol. The van der Waals surface area contributed by atoms with Crippen LogP contribution in [0.4, 0.5) is 0 Å². The number of hydrogen-bond donors (Lipinski definition) is 0. The molecule has 62 valence electrons. The third-order valence-corrected chi connectivity index (χ3v) is 0.298. The van der Waals surface area contributed by atoms with Crippen molar-refractivity contribution < 1.29 is 28.5 Å². The second kappa shape index (κ2) is 34.5. The smallest absolute Gasteiger partial charge is 0.207 e. The summed E-state index contributed by atoms with van der Waals surface area (Å²) in [5.74, 6) is 0. The van der Waals surface area contributed by atoms with Crippen LogP contribution in [-0.2, 0) is 28.5 Å². The third kappa shape index (κ3) is 277. The standard InChI is InChI=1S/C3H3.CBrO.2CO.Fe/c1-3-2;2-1-3;2*1-2;/h1H,2H2;;;;/q2*-1;;;. The van der Waals surface area contributed by atoms with Crippen molar-refractivity contribution in [3.05, 3.63) is 18.9 Å². The maximum atomic E-state index is 9.02. The molecule has 0 rings (SSSR count). The summed E-state index contributed by atoms with van der Waals surface area (Å²) in [6, 6.07) is 0. The van der Waals surface area contributed by atoms with Crippen LogP contribution in [0.1, 0.15) is 0 Å². The summed E-state index contributed by atoms with van der Waals surface area (Å²) < 4.78 is 0. The van der Waals surface area contributed by atoms with E-state index < -0.39 is 0 Å². The van der Waals surface area contributed by atoms with Gasteiger partial charge < -0.3 is 10.5 Å². The maximum absolute atomic E-state index is 9.02. The van der Waals surface area contributed by atoms with Crippen LogP contribution in [0.15, 0.2) is 12.3 Å². The van der Waals surface area contributed by atoms with E-state index in [-0.39, 0.29) is 14.1 Å². The van der Waals surface area contributed by atoms with E-state index in [4.69, 9.17) is 14.4 Å². The minimum absolute atomic E-state index is 0.222. The molecule has 0 N–H and O–H groups in total. The van der Waals surface area contributed by atoms with Gasteiger partial charge in [0.25, 0.3) is 0 Å². The Morgan fingerprint density at radius 1 is 1.45 bits per heavy atom. The van der Waals surface area contributed by atoms with E-state index in [0.29, 0.717) is 0 Å². The van der Waals surface area contributed by atoms with E-state index in [1.165, 1.54) is 14.8 Å². The van der Waals surface area contributed by atoms with Crippen LogP contribution in [0.2, 0.25) is 0 Å². The zero-order chi connectivity index (χ0) is 9.54. The summed E-state index contributed by atoms with van der Waals surface area (Å²) in [4.78, 5) is 29.3. The van der Waals surface area contributed by atoms with Gasteiger partial charge in [-0.15, -0.1) is 0 Å². The van der Waals surface area contributed by atoms with Crippen LogP contribution in [0.25, 0.3) is 0 Å². The van der Waals surface area contributed by atoms with Gasteiger partial charge in [-0.1, -0.05) is 0 Å². The van der Waals surface area contributed by atoms with Gasteiger partial charge in [0.2, 0.25) is 0 Å². The zero-order valence-electron chi connectivity index (χ0n) is 5.24. The number of halogens is 1. The molecular weight excluding hydrogens is 256 g/mol. The van der Waals surface area contributed by atoms with Gasteiger partial charge in [-0.25, -0.2) is 13.2 Å². The maximum Gasteiger partial charge on any atom is -0.207 e. The molecule has 5 heteroatoms. The van der Waals surface area contributed by atoms with E-state index in [1.807, 2.05) is 5.73 Å². The second-order valence-corrected chi connectivity index (χ2v) is 1.56. The summed E-state index contributed by atoms with van der Waals surface area (Å²) in [6.45, 7) is 7.50. The Balaban J connectivity index is -0.0000000933. The van der Waals surface area contributed by atoms with Crippen LogP contribution in [0.3, 0.4) is 0 Å². The minimum atomic E-state index is -0.222. The van der Waals surface area contributed by atoms with Crippen molar-refractivity contribution in [1.29, 1.82) is 0 Å². The first-order valence-electron chi connectivity index (χ1n) is 1.80. The Bertz CT molecular complexity index is 202. The van der Waals surface area contributed by atoms with Gasteiger partial charge in [0.15, 0.2) is 0 Å². The molecule has 0 spiro atoms. The average molecular weight is 259 g/mol. The molecule has 0 heterocycles. The normalized spacial score (nSPS) is 4.09. The largest absolute Gasteiger partial charge is 0.342 e. The average Bonchev–Trinajstić information content (AvgIpc) is 1.92. The molecule has 0 saturated carbocycles. The summed E-state index contributed by atoms with van der Waals surface area (Å²) in [5.41, 5.74) is 2.00. The van der Waals surface area contributed by atoms with E-state index in [2.05, 4.69) is 29.1 Å². The Kier molecular flexibility index (Phi) is 52.5. The SMILES string of the molecule is O=[C-]Br.O=[C]=[Fe]=[C]=O.[CH-]=C=C. The van der Waals surface area contributed by atoms with Gasteiger partial charge >= 0.3 is 33.2 Å². The van der Waals surface area contributed by atoms with Gasteiger partial charge in [0.05, 0.1) is 0 Å². The van der Waals surface area contributed by atoms with Crippen molar-refractivity contribution in [2.75, 3.05) is 0 Å². The van der Waals surface area contributed by atoms with E-state index in [1.54, 1.807) is 0 Å². The number of carbonyl (C=O) groups excluding carboxylic acids is 3. The summed E-state index contributed by atoms with van der Waals surface area (Å²) in [6.07, 6.45) is 0. The van der Waals surface area contributed by atoms with Gasteiger partial charge in [0, 0.05) is 0 Å². The molecule has 11 heavy (non-hydrogen) atoms. The molecule has 0 aromatic carbocycles. The van der Waals surface area contributed by atoms with Crippen molar-refractivity contribution in [1.82, 2.24) is 0 Å². The van der Waals surface area contributed by atoms with Gasteiger partial charge in [-0.2, -0.15) is 5.20 Å². The van der Waals surface area contributed by atoms with E-state index >= 15 is 0 Å². The Labute approximate surface area is 78.2 Å². The molecule has 0 aliphatic carbocycles. The first-order valence-corrected chi connectivity index (χ1v) is 3.69. The van der Waals surface area contributed by atoms with E-state index in [0.717, 1.165) is 0 Å². The van der Waals surface area contributed by atoms with Gasteiger partial charge in [-0.05, 0) is 0 Å². The molecule has 0 aliphatic rings. The van der Waals surface area contributed by atoms with Crippen molar-refractivity contribution in [2.24, 2.45) is 0 Å². The van der Waals surface area contributed by atoms with Crippen LogP contribution >= 0.6 is 15.9 Å². The molecule has 3 nitrogen and oxygen atoms in total. The minimum Gasteiger partial charge on any atom is -0.342 e. The second-order valence-electron chi connectivity index (χ2n) is 0.514. The summed E-state index contributed by atoms with van der Waals surface area (Å²) in [5, 5.41) is 1.31. The fourth-order valence-electron chi connectivity index (χ4n) is 0.0147. The van der Waals surface area contributed by atoms with Crippen molar-refractivity contribution in [3.63, 3.8) is 0 Å². The van der Waals surface area contributed by atoms with Crippen LogP contribution in [0, 0.1) is 6.58 Å². The molecule has 0 unspecified atom stereocenters. The molecule has 0 aromatic heterocycles. The van der Waals surface area contributed by atoms with Crippen LogP contribution < -0.4 is 0 Å². The molecule has 0 saturated heterocycles. The van der Waals surface area contributed by atoms with Gasteiger partial charge in [-0.3, -0.25) is 15.9 Å². The predicted octanol–water partition coefficient (Wildman–Crippen LogP) is 0.412. The molecule has 0 radical (unpaired) electrons. The molecule has 0 fully saturated rings. The zero-order valence-corrected chi connectivity index (χ0v) is 7.93. The third-order valence-electron chi connectivity index (χ3n) is 0.0722. The number of hydrogen-bond acceptors (Lipinski definition) is 3. The van der Waals surface area contributed by atoms with Crippen LogP contribution in [-0.4, -0.2) is 14.8 Å². The topological polar surface area (TPSA) is 51.2 Å². The molecule has 0 atom stereocenters. The molecule has 0 aromatic rings. The molecule has 0 bridgehead atoms. The summed E-state index contributed by atoms with van der Waals surface area (Å²) in [7, 11) is 0. The van der Waals surface area contributed by atoms with Crippen molar-refractivity contribution in [3.8, 4) is 0 Å². The molecular formula is C6H3BrFeO3-2. The quantitative estimate of drug-likeness (QED) is 0.274. The number of rotatable bonds is 0. The Morgan fingerprint density at radius 2 is 1.64 bits per heavy atom. The predicted molar refractivity (Wildman–Crippen MR) is 39.4 cm³/mol. The van der Waals surface area contributed by atoms with Crippen molar-refractivity contribution >= 4 is 30.7 Å². The Morgan fingerprint density at radius 3 is 1.64 bits per heavy atom. The fraction of sp³-hybridized carbons (Fsp3) is 0. The van der Waals surface area contributed by atoms with Crippen LogP contribution in [0.5, 0.6) is 0 Å². The molecule has 0 amide bonds. The van der Waals surface area contributed by atoms with Crippen molar-refractivity contribution in [2.45, 2.75) is 0 Å².